The first-order chi connectivity index (χ1) is 14.4. The third kappa shape index (κ3) is 3.30. The van der Waals surface area contributed by atoms with Crippen LogP contribution in [0.5, 0.6) is 11.6 Å². The first kappa shape index (κ1) is 19.3. The van der Waals surface area contributed by atoms with E-state index in [1.807, 2.05) is 4.98 Å². The van der Waals surface area contributed by atoms with Gasteiger partial charge in [-0.2, -0.15) is 9.94 Å². The molecule has 0 bridgehead atoms. The maximum absolute atomic E-state index is 12.1. The smallest absolute Gasteiger partial charge is 0.349 e. The van der Waals surface area contributed by atoms with Gasteiger partial charge in [-0.25, -0.2) is 9.89 Å². The molecular formula is C17H7Cl2N7O4. The van der Waals surface area contributed by atoms with E-state index in [2.05, 4.69) is 20.3 Å². The predicted molar refractivity (Wildman–Crippen MR) is 105 cm³/mol. The van der Waals surface area contributed by atoms with Gasteiger partial charge in [0.1, 0.15) is 11.6 Å². The van der Waals surface area contributed by atoms with Crippen LogP contribution in [0.4, 0.5) is 0 Å². The minimum Gasteiger partial charge on any atom is -0.433 e. The molecule has 3 heterocycles. The zero-order valence-corrected chi connectivity index (χ0v) is 16.0. The van der Waals surface area contributed by atoms with Crippen molar-refractivity contribution in [2.24, 2.45) is 0 Å². The molecule has 0 spiro atoms. The van der Waals surface area contributed by atoms with Crippen LogP contribution in [0.1, 0.15) is 5.69 Å². The molecule has 4 rings (SSSR count). The maximum Gasteiger partial charge on any atom is 0.349 e. The van der Waals surface area contributed by atoms with Crippen LogP contribution in [0, 0.1) is 11.3 Å². The molecule has 0 unspecified atom stereocenters. The first-order valence-corrected chi connectivity index (χ1v) is 8.79. The van der Waals surface area contributed by atoms with Crippen LogP contribution in [0.25, 0.3) is 16.6 Å². The molecule has 3 aromatic heterocycles. The van der Waals surface area contributed by atoms with Gasteiger partial charge in [0.25, 0.3) is 17.0 Å². The SMILES string of the molecule is N#Cc1nn(-c2cc(Cl)c(Oc3n[nH]c(=O)c4cccnc34)c(Cl)c2)c(=O)[nH]c1=O. The molecule has 148 valence electrons. The van der Waals surface area contributed by atoms with Crippen LogP contribution in [-0.2, 0) is 0 Å². The summed E-state index contributed by atoms with van der Waals surface area (Å²) < 4.78 is 6.43. The Labute approximate surface area is 175 Å². The number of halogens is 2. The number of fused-ring (bicyclic) bond motifs is 1. The van der Waals surface area contributed by atoms with Crippen molar-refractivity contribution in [1.82, 2.24) is 29.9 Å². The van der Waals surface area contributed by atoms with Gasteiger partial charge in [-0.1, -0.05) is 23.2 Å². The summed E-state index contributed by atoms with van der Waals surface area (Å²) >= 11 is 12.5. The summed E-state index contributed by atoms with van der Waals surface area (Å²) in [5.41, 5.74) is -2.51. The van der Waals surface area contributed by atoms with E-state index in [1.54, 1.807) is 18.2 Å². The number of rotatable bonds is 3. The molecule has 0 aliphatic carbocycles. The van der Waals surface area contributed by atoms with Gasteiger partial charge in [-0.05, 0) is 24.3 Å². The van der Waals surface area contributed by atoms with Gasteiger partial charge in [-0.15, -0.1) is 10.2 Å². The van der Waals surface area contributed by atoms with Gasteiger partial charge in [-0.3, -0.25) is 19.6 Å². The molecule has 11 nitrogen and oxygen atoms in total. The molecule has 1 aromatic carbocycles. The topological polar surface area (TPSA) is 159 Å². The van der Waals surface area contributed by atoms with Crippen molar-refractivity contribution in [3.63, 3.8) is 0 Å². The van der Waals surface area contributed by atoms with Gasteiger partial charge in [0.15, 0.2) is 5.75 Å². The van der Waals surface area contributed by atoms with Crippen molar-refractivity contribution in [1.29, 1.82) is 5.26 Å². The number of pyridine rings is 1. The summed E-state index contributed by atoms with van der Waals surface area (Å²) in [6, 6.07) is 7.29. The molecule has 0 atom stereocenters. The van der Waals surface area contributed by atoms with E-state index in [0.717, 1.165) is 4.68 Å². The van der Waals surface area contributed by atoms with Crippen molar-refractivity contribution < 1.29 is 4.74 Å². The van der Waals surface area contributed by atoms with E-state index >= 15 is 0 Å². The third-order valence-electron chi connectivity index (χ3n) is 3.87. The summed E-state index contributed by atoms with van der Waals surface area (Å²) in [6.07, 6.45) is 1.46. The highest BCUT2D eigenvalue weighted by atomic mass is 35.5. The van der Waals surface area contributed by atoms with Crippen LogP contribution in [-0.4, -0.2) is 29.9 Å². The molecule has 4 aromatic rings. The molecule has 0 radical (unpaired) electrons. The van der Waals surface area contributed by atoms with E-state index in [1.165, 1.54) is 18.3 Å². The largest absolute Gasteiger partial charge is 0.433 e. The average Bonchev–Trinajstić information content (AvgIpc) is 2.72. The normalized spacial score (nSPS) is 10.7. The Morgan fingerprint density at radius 3 is 2.57 bits per heavy atom. The number of hydrogen-bond donors (Lipinski definition) is 2. The van der Waals surface area contributed by atoms with Crippen molar-refractivity contribution in [2.75, 3.05) is 0 Å². The number of nitrogens with zero attached hydrogens (tertiary/aromatic N) is 5. The molecule has 30 heavy (non-hydrogen) atoms. The second kappa shape index (κ2) is 7.43. The number of hydrogen-bond acceptors (Lipinski definition) is 8. The van der Waals surface area contributed by atoms with E-state index in [0.29, 0.717) is 0 Å². The summed E-state index contributed by atoms with van der Waals surface area (Å²) in [7, 11) is 0. The lowest BCUT2D eigenvalue weighted by atomic mass is 10.3. The fraction of sp³-hybridized carbons (Fsp3) is 0. The lowest BCUT2D eigenvalue weighted by molar-refractivity contribution is 0.460. The zero-order chi connectivity index (χ0) is 21.4. The molecule has 13 heteroatoms. The standard InChI is InChI=1S/C17H7Cl2N7O4/c18-9-4-7(26-17(29)22-15(28)11(6-20)25-26)5-10(19)13(9)30-16-12-8(2-1-3-21-12)14(27)23-24-16/h1-5H,(H,23,27)(H,22,28,29). The van der Waals surface area contributed by atoms with Gasteiger partial charge >= 0.3 is 5.69 Å². The quantitative estimate of drug-likeness (QED) is 0.481. The Balaban J connectivity index is 1.82. The molecule has 0 amide bonds. The number of aromatic amines is 2. The Morgan fingerprint density at radius 2 is 1.87 bits per heavy atom. The fourth-order valence-corrected chi connectivity index (χ4v) is 3.11. The van der Waals surface area contributed by atoms with Crippen molar-refractivity contribution in [3.8, 4) is 23.4 Å². The van der Waals surface area contributed by atoms with Crippen LogP contribution in [0.2, 0.25) is 10.0 Å². The van der Waals surface area contributed by atoms with Crippen LogP contribution in [0.15, 0.2) is 44.8 Å². The average molecular weight is 444 g/mol. The third-order valence-corrected chi connectivity index (χ3v) is 4.44. The highest BCUT2D eigenvalue weighted by Crippen LogP contribution is 2.38. The molecule has 0 aliphatic rings. The zero-order valence-electron chi connectivity index (χ0n) is 14.5. The van der Waals surface area contributed by atoms with E-state index < -0.39 is 22.5 Å². The Morgan fingerprint density at radius 1 is 1.13 bits per heavy atom. The second-order valence-electron chi connectivity index (χ2n) is 5.73. The Bertz CT molecular complexity index is 1510. The molecule has 0 aliphatic heterocycles. The highest BCUT2D eigenvalue weighted by Gasteiger charge is 2.17. The maximum atomic E-state index is 12.1. The molecule has 0 saturated carbocycles. The van der Waals surface area contributed by atoms with Crippen LogP contribution in [0.3, 0.4) is 0 Å². The number of H-pyrrole nitrogens is 2. The first-order valence-electron chi connectivity index (χ1n) is 8.03. The molecule has 2 N–H and O–H groups in total. The number of ether oxygens (including phenoxy) is 1. The van der Waals surface area contributed by atoms with Gasteiger partial charge in [0, 0.05) is 6.20 Å². The van der Waals surface area contributed by atoms with E-state index in [4.69, 9.17) is 33.2 Å². The van der Waals surface area contributed by atoms with E-state index in [9.17, 15) is 14.4 Å². The highest BCUT2D eigenvalue weighted by molar-refractivity contribution is 6.37. The number of nitrogens with one attached hydrogen (secondary N) is 2. The monoisotopic (exact) mass is 443 g/mol. The molecule has 0 saturated heterocycles. The predicted octanol–water partition coefficient (Wildman–Crippen LogP) is 1.52. The lowest BCUT2D eigenvalue weighted by Crippen LogP contribution is -2.33. The lowest BCUT2D eigenvalue weighted by Gasteiger charge is -2.12. The Kier molecular flexibility index (Phi) is 4.78. The summed E-state index contributed by atoms with van der Waals surface area (Å²) in [4.78, 5) is 41.5. The number of nitriles is 1. The second-order valence-corrected chi connectivity index (χ2v) is 6.54. The van der Waals surface area contributed by atoms with Gasteiger partial charge in [0.05, 0.1) is 21.1 Å². The minimum absolute atomic E-state index is 0.0217. The summed E-state index contributed by atoms with van der Waals surface area (Å²) in [6.45, 7) is 0. The molecular weight excluding hydrogens is 437 g/mol. The molecule has 0 fully saturated rings. The summed E-state index contributed by atoms with van der Waals surface area (Å²) in [5.74, 6) is -0.0700. The van der Waals surface area contributed by atoms with Crippen molar-refractivity contribution >= 4 is 34.1 Å². The number of benzene rings is 1. The van der Waals surface area contributed by atoms with Crippen LogP contribution < -0.4 is 21.5 Å². The fourth-order valence-electron chi connectivity index (χ4n) is 2.56. The number of aromatic nitrogens is 6. The van der Waals surface area contributed by atoms with Gasteiger partial charge < -0.3 is 4.74 Å². The summed E-state index contributed by atoms with van der Waals surface area (Å²) in [5, 5.41) is 18.9. The van der Waals surface area contributed by atoms with Crippen LogP contribution >= 0.6 is 23.2 Å². The minimum atomic E-state index is -0.917. The van der Waals surface area contributed by atoms with Crippen molar-refractivity contribution in [2.45, 2.75) is 0 Å². The van der Waals surface area contributed by atoms with Crippen molar-refractivity contribution in [3.05, 3.63) is 77.4 Å². The van der Waals surface area contributed by atoms with E-state index in [-0.39, 0.29) is 38.3 Å². The Hall–Kier alpha value is -4.01. The van der Waals surface area contributed by atoms with Gasteiger partial charge in [0.2, 0.25) is 5.69 Å².